The van der Waals surface area contributed by atoms with Gasteiger partial charge in [-0.05, 0) is 37.1 Å². The highest BCUT2D eigenvalue weighted by Gasteiger charge is 2.10. The number of amides is 1. The third-order valence-corrected chi connectivity index (χ3v) is 2.90. The summed E-state index contributed by atoms with van der Waals surface area (Å²) in [5.41, 5.74) is 5.71. The van der Waals surface area contributed by atoms with Gasteiger partial charge in [0.1, 0.15) is 0 Å². The molecule has 0 aliphatic carbocycles. The van der Waals surface area contributed by atoms with Crippen molar-refractivity contribution >= 4 is 17.7 Å². The maximum absolute atomic E-state index is 11.3. The summed E-state index contributed by atoms with van der Waals surface area (Å²) in [6.45, 7) is 22.1. The van der Waals surface area contributed by atoms with Crippen LogP contribution in [-0.4, -0.2) is 31.6 Å². The van der Waals surface area contributed by atoms with Gasteiger partial charge in [0.15, 0.2) is 0 Å². The molecule has 0 unspecified atom stereocenters. The summed E-state index contributed by atoms with van der Waals surface area (Å²) in [4.78, 5) is 12.4. The Morgan fingerprint density at radius 2 is 1.71 bits per heavy atom. The molecule has 146 valence electrons. The Morgan fingerprint density at radius 1 is 1.21 bits per heavy atom. The van der Waals surface area contributed by atoms with Crippen LogP contribution in [0.4, 0.5) is 0 Å². The highest BCUT2D eigenvalue weighted by molar-refractivity contribution is 8.05. The van der Waals surface area contributed by atoms with E-state index in [0.717, 1.165) is 11.4 Å². The maximum Gasteiger partial charge on any atom is 0.236 e. The number of hydrogen-bond donors (Lipinski definition) is 3. The van der Waals surface area contributed by atoms with Crippen LogP contribution in [-0.2, 0) is 4.79 Å². The summed E-state index contributed by atoms with van der Waals surface area (Å²) < 4.78 is 0. The summed E-state index contributed by atoms with van der Waals surface area (Å²) in [7, 11) is 0. The van der Waals surface area contributed by atoms with Crippen molar-refractivity contribution in [1.82, 2.24) is 10.6 Å². The molecule has 5 heteroatoms. The van der Waals surface area contributed by atoms with Crippen LogP contribution in [0.15, 0.2) is 23.0 Å². The highest BCUT2D eigenvalue weighted by Crippen LogP contribution is 2.12. The van der Waals surface area contributed by atoms with E-state index in [9.17, 15) is 4.79 Å². The van der Waals surface area contributed by atoms with Gasteiger partial charge in [0.25, 0.3) is 0 Å². The Labute approximate surface area is 156 Å². The average Bonchev–Trinajstić information content (AvgIpc) is 2.61. The third kappa shape index (κ3) is 29.3. The normalized spacial score (nSPS) is 10.2. The number of carbonyl (C=O) groups excluding carboxylic acids is 1. The zero-order chi connectivity index (χ0) is 19.8. The third-order valence-electron chi connectivity index (χ3n) is 2.01. The molecule has 0 bridgehead atoms. The van der Waals surface area contributed by atoms with Crippen LogP contribution >= 0.6 is 11.8 Å². The van der Waals surface area contributed by atoms with Crippen LogP contribution in [0.3, 0.4) is 0 Å². The molecule has 0 heterocycles. The van der Waals surface area contributed by atoms with Gasteiger partial charge >= 0.3 is 0 Å². The quantitative estimate of drug-likeness (QED) is 0.522. The van der Waals surface area contributed by atoms with E-state index in [2.05, 4.69) is 31.1 Å². The molecule has 0 aliphatic rings. The molecule has 0 aromatic heterocycles. The largest absolute Gasteiger partial charge is 0.355 e. The maximum atomic E-state index is 11.3. The molecular weight excluding hydrogens is 318 g/mol. The van der Waals surface area contributed by atoms with Gasteiger partial charge in [-0.1, -0.05) is 60.6 Å². The smallest absolute Gasteiger partial charge is 0.236 e. The lowest BCUT2D eigenvalue weighted by Crippen LogP contribution is -2.42. The highest BCUT2D eigenvalue weighted by atomic mass is 32.2. The predicted octanol–water partition coefficient (Wildman–Crippen LogP) is 4.68. The predicted molar refractivity (Wildman–Crippen MR) is 114 cm³/mol. The summed E-state index contributed by atoms with van der Waals surface area (Å²) in [5.74, 6) is -0.0867. The zero-order valence-corrected chi connectivity index (χ0v) is 18.2. The molecule has 4 N–H and O–H groups in total. The van der Waals surface area contributed by atoms with Gasteiger partial charge in [-0.2, -0.15) is 0 Å². The minimum Gasteiger partial charge on any atom is -0.355 e. The van der Waals surface area contributed by atoms with Crippen LogP contribution in [0.1, 0.15) is 68.2 Å². The van der Waals surface area contributed by atoms with E-state index in [1.807, 2.05) is 53.0 Å². The lowest BCUT2D eigenvalue weighted by molar-refractivity contribution is -0.122. The Bertz CT molecular complexity index is 282. The number of rotatable bonds is 9. The number of nitrogens with one attached hydrogen (secondary N) is 2. The van der Waals surface area contributed by atoms with Crippen molar-refractivity contribution in [2.24, 2.45) is 5.73 Å². The SMILES string of the molecule is C=C(CNCC[C@H](N)C(=O)NCC)S/C=C\C.CC.CC.CCC. The molecule has 0 saturated carbocycles. The van der Waals surface area contributed by atoms with Crippen molar-refractivity contribution in [3.63, 3.8) is 0 Å². The summed E-state index contributed by atoms with van der Waals surface area (Å²) in [5, 5.41) is 7.90. The Kier molecular flexibility index (Phi) is 39.0. The van der Waals surface area contributed by atoms with Gasteiger partial charge in [-0.15, -0.1) is 11.8 Å². The van der Waals surface area contributed by atoms with E-state index in [4.69, 9.17) is 5.73 Å². The van der Waals surface area contributed by atoms with E-state index in [0.29, 0.717) is 19.5 Å². The Balaban J connectivity index is -0.000000247. The summed E-state index contributed by atoms with van der Waals surface area (Å²) in [6.07, 6.45) is 3.86. The lowest BCUT2D eigenvalue weighted by Gasteiger charge is -2.11. The standard InChI is InChI=1S/C12H23N3OS.C3H8.2C2H6/c1-4-8-17-10(3)9-14-7-6-11(13)12(16)15-5-2;1-3-2;2*1-2/h4,8,11,14H,3,5-7,9,13H2,1-2H3,(H,15,16);3H2,1-2H3;2*1-2H3/b8-4-;;;/t11-;;;/m0.../s1. The second kappa shape index (κ2) is 30.1. The van der Waals surface area contributed by atoms with Crippen molar-refractivity contribution in [1.29, 1.82) is 0 Å². The second-order valence-electron chi connectivity index (χ2n) is 4.30. The van der Waals surface area contributed by atoms with E-state index in [-0.39, 0.29) is 5.91 Å². The molecule has 0 radical (unpaired) electrons. The molecule has 1 atom stereocenters. The Morgan fingerprint density at radius 3 is 2.12 bits per heavy atom. The van der Waals surface area contributed by atoms with Crippen molar-refractivity contribution < 1.29 is 4.79 Å². The Hall–Kier alpha value is -0.780. The lowest BCUT2D eigenvalue weighted by atomic mass is 10.2. The number of likely N-dealkylation sites (N-methyl/N-ethyl adjacent to an activating group) is 1. The first-order valence-electron chi connectivity index (χ1n) is 9.22. The minimum absolute atomic E-state index is 0.0867. The fraction of sp³-hybridized carbons (Fsp3) is 0.737. The fourth-order valence-corrected chi connectivity index (χ4v) is 1.64. The van der Waals surface area contributed by atoms with Crippen molar-refractivity contribution in [3.8, 4) is 0 Å². The van der Waals surface area contributed by atoms with Crippen LogP contribution in [0.5, 0.6) is 0 Å². The van der Waals surface area contributed by atoms with Crippen molar-refractivity contribution in [3.05, 3.63) is 23.0 Å². The molecule has 0 rings (SSSR count). The molecule has 0 spiro atoms. The number of thioether (sulfide) groups is 1. The molecule has 0 aliphatic heterocycles. The van der Waals surface area contributed by atoms with Crippen LogP contribution in [0.2, 0.25) is 0 Å². The number of hydrogen-bond acceptors (Lipinski definition) is 4. The molecule has 4 nitrogen and oxygen atoms in total. The second-order valence-corrected chi connectivity index (χ2v) is 5.38. The van der Waals surface area contributed by atoms with Crippen LogP contribution in [0.25, 0.3) is 0 Å². The van der Waals surface area contributed by atoms with Gasteiger partial charge in [0, 0.05) is 13.1 Å². The van der Waals surface area contributed by atoms with Crippen molar-refractivity contribution in [2.75, 3.05) is 19.6 Å². The molecule has 0 saturated heterocycles. The van der Waals surface area contributed by atoms with Gasteiger partial charge in [0.2, 0.25) is 5.91 Å². The first kappa shape index (κ1) is 31.0. The topological polar surface area (TPSA) is 67.1 Å². The first-order chi connectivity index (χ1) is 11.5. The molecule has 1 amide bonds. The molecule has 0 aromatic carbocycles. The summed E-state index contributed by atoms with van der Waals surface area (Å²) >= 11 is 1.60. The average molecular weight is 362 g/mol. The van der Waals surface area contributed by atoms with Gasteiger partial charge in [-0.3, -0.25) is 4.79 Å². The molecule has 0 fully saturated rings. The fourth-order valence-electron chi connectivity index (χ4n) is 1.13. The van der Waals surface area contributed by atoms with E-state index < -0.39 is 6.04 Å². The molecule has 0 aromatic rings. The number of allylic oxidation sites excluding steroid dienone is 1. The van der Waals surface area contributed by atoms with E-state index >= 15 is 0 Å². The van der Waals surface area contributed by atoms with Gasteiger partial charge < -0.3 is 16.4 Å². The zero-order valence-electron chi connectivity index (χ0n) is 17.4. The van der Waals surface area contributed by atoms with Gasteiger partial charge in [0.05, 0.1) is 6.04 Å². The van der Waals surface area contributed by atoms with Gasteiger partial charge in [-0.25, -0.2) is 0 Å². The number of nitrogens with two attached hydrogens (primary N) is 1. The minimum atomic E-state index is -0.432. The summed E-state index contributed by atoms with van der Waals surface area (Å²) in [6, 6.07) is -0.432. The van der Waals surface area contributed by atoms with Crippen molar-refractivity contribution in [2.45, 2.75) is 74.3 Å². The first-order valence-corrected chi connectivity index (χ1v) is 10.1. The molecular formula is C19H43N3OS. The van der Waals surface area contributed by atoms with E-state index in [1.165, 1.54) is 6.42 Å². The monoisotopic (exact) mass is 361 g/mol. The van der Waals surface area contributed by atoms with E-state index in [1.54, 1.807) is 11.8 Å². The molecule has 24 heavy (non-hydrogen) atoms. The van der Waals surface area contributed by atoms with Crippen LogP contribution < -0.4 is 16.4 Å². The van der Waals surface area contributed by atoms with Crippen LogP contribution in [0, 0.1) is 0 Å². The number of carbonyl (C=O) groups is 1.